The van der Waals surface area contributed by atoms with Crippen LogP contribution in [0.1, 0.15) is 31.2 Å². The summed E-state index contributed by atoms with van der Waals surface area (Å²) in [6.07, 6.45) is 4.35. The van der Waals surface area contributed by atoms with E-state index in [-0.39, 0.29) is 36.8 Å². The Morgan fingerprint density at radius 2 is 2.21 bits per heavy atom. The van der Waals surface area contributed by atoms with Crippen molar-refractivity contribution in [2.75, 3.05) is 25.6 Å². The first-order valence-electron chi connectivity index (χ1n) is 9.76. The van der Waals surface area contributed by atoms with Gasteiger partial charge in [-0.2, -0.15) is 0 Å². The zero-order valence-corrected chi connectivity index (χ0v) is 16.2. The minimum Gasteiger partial charge on any atom is -0.469 e. The number of rotatable bonds is 5. The highest BCUT2D eigenvalue weighted by atomic mass is 19.1. The van der Waals surface area contributed by atoms with Crippen molar-refractivity contribution in [3.8, 4) is 11.3 Å². The molecule has 1 aliphatic carbocycles. The molecule has 1 aromatic heterocycles. The SMILES string of the molecule is COC(=O)[C@H]1CCC[C@@H](Nc2ncc(F)c(-c3cccc(C4(O)COC4)c3)n2)C1. The van der Waals surface area contributed by atoms with E-state index in [4.69, 9.17) is 9.47 Å². The van der Waals surface area contributed by atoms with Gasteiger partial charge in [0.2, 0.25) is 5.95 Å². The largest absolute Gasteiger partial charge is 0.469 e. The summed E-state index contributed by atoms with van der Waals surface area (Å²) in [7, 11) is 1.40. The van der Waals surface area contributed by atoms with Crippen LogP contribution in [0.3, 0.4) is 0 Å². The fourth-order valence-corrected chi connectivity index (χ4v) is 3.94. The van der Waals surface area contributed by atoms with Gasteiger partial charge in [-0.1, -0.05) is 24.6 Å². The molecule has 2 heterocycles. The Balaban J connectivity index is 1.54. The summed E-state index contributed by atoms with van der Waals surface area (Å²) in [5.74, 6) is -0.575. The molecule has 1 saturated heterocycles. The quantitative estimate of drug-likeness (QED) is 0.744. The number of aliphatic hydroxyl groups is 1. The average molecular weight is 401 g/mol. The molecule has 154 valence electrons. The molecule has 0 spiro atoms. The van der Waals surface area contributed by atoms with Crippen LogP contribution in [0.5, 0.6) is 0 Å². The average Bonchev–Trinajstić information content (AvgIpc) is 2.73. The fourth-order valence-electron chi connectivity index (χ4n) is 3.94. The summed E-state index contributed by atoms with van der Waals surface area (Å²) in [5.41, 5.74) is 0.350. The number of anilines is 1. The molecule has 2 fully saturated rings. The van der Waals surface area contributed by atoms with Crippen LogP contribution in [0.15, 0.2) is 30.5 Å². The van der Waals surface area contributed by atoms with E-state index in [9.17, 15) is 14.3 Å². The number of nitrogens with one attached hydrogen (secondary N) is 1. The van der Waals surface area contributed by atoms with Crippen LogP contribution in [-0.2, 0) is 19.9 Å². The van der Waals surface area contributed by atoms with Crippen LogP contribution in [0.25, 0.3) is 11.3 Å². The molecule has 0 unspecified atom stereocenters. The second-order valence-electron chi connectivity index (χ2n) is 7.72. The summed E-state index contributed by atoms with van der Waals surface area (Å²) < 4.78 is 24.4. The number of ether oxygens (including phenoxy) is 2. The first kappa shape index (κ1) is 19.7. The molecule has 2 N–H and O–H groups in total. The third kappa shape index (κ3) is 4.09. The molecule has 7 nitrogen and oxygen atoms in total. The maximum atomic E-state index is 14.5. The number of carbonyl (C=O) groups is 1. The monoisotopic (exact) mass is 401 g/mol. The summed E-state index contributed by atoms with van der Waals surface area (Å²) in [6.45, 7) is 0.442. The van der Waals surface area contributed by atoms with Gasteiger partial charge < -0.3 is 19.9 Å². The number of hydrogen-bond acceptors (Lipinski definition) is 7. The van der Waals surface area contributed by atoms with Gasteiger partial charge in [-0.05, 0) is 30.9 Å². The topological polar surface area (TPSA) is 93.6 Å². The van der Waals surface area contributed by atoms with Gasteiger partial charge in [0.15, 0.2) is 5.82 Å². The first-order valence-corrected chi connectivity index (χ1v) is 9.76. The predicted molar refractivity (Wildman–Crippen MR) is 104 cm³/mol. The standard InChI is InChI=1S/C21H24FN3O4/c1-28-19(26)14-5-3-7-16(9-14)24-20-23-10-17(22)18(25-20)13-4-2-6-15(8-13)21(27)11-29-12-21/h2,4,6,8,10,14,16,27H,3,5,7,9,11-12H2,1H3,(H,23,24,25)/t14-,16+/m0/s1. The van der Waals surface area contributed by atoms with Crippen molar-refractivity contribution < 1.29 is 23.8 Å². The minimum atomic E-state index is -1.04. The van der Waals surface area contributed by atoms with Gasteiger partial charge in [0.05, 0.1) is 32.4 Å². The van der Waals surface area contributed by atoms with Crippen molar-refractivity contribution in [2.45, 2.75) is 37.3 Å². The zero-order valence-electron chi connectivity index (χ0n) is 16.2. The summed E-state index contributed by atoms with van der Waals surface area (Å²) in [4.78, 5) is 20.3. The summed E-state index contributed by atoms with van der Waals surface area (Å²) in [5, 5.41) is 13.7. The number of nitrogens with zero attached hydrogens (tertiary/aromatic N) is 2. The normalized spacial score (nSPS) is 23.1. The highest BCUT2D eigenvalue weighted by Crippen LogP contribution is 2.33. The highest BCUT2D eigenvalue weighted by molar-refractivity contribution is 5.72. The Bertz CT molecular complexity index is 903. The van der Waals surface area contributed by atoms with E-state index in [0.29, 0.717) is 23.5 Å². The van der Waals surface area contributed by atoms with Crippen molar-refractivity contribution in [1.82, 2.24) is 9.97 Å². The van der Waals surface area contributed by atoms with Crippen LogP contribution < -0.4 is 5.32 Å². The Morgan fingerprint density at radius 1 is 1.38 bits per heavy atom. The predicted octanol–water partition coefficient (Wildman–Crippen LogP) is 2.64. The number of esters is 1. The van der Waals surface area contributed by atoms with E-state index >= 15 is 0 Å². The van der Waals surface area contributed by atoms with Crippen molar-refractivity contribution in [2.24, 2.45) is 5.92 Å². The number of hydrogen-bond donors (Lipinski definition) is 2. The van der Waals surface area contributed by atoms with E-state index in [1.165, 1.54) is 7.11 Å². The van der Waals surface area contributed by atoms with Gasteiger partial charge in [-0.25, -0.2) is 14.4 Å². The molecular formula is C21H24FN3O4. The zero-order chi connectivity index (χ0) is 20.4. The summed E-state index contributed by atoms with van der Waals surface area (Å²) >= 11 is 0. The van der Waals surface area contributed by atoms with E-state index in [0.717, 1.165) is 25.5 Å². The Morgan fingerprint density at radius 3 is 2.93 bits per heavy atom. The van der Waals surface area contributed by atoms with E-state index < -0.39 is 11.4 Å². The lowest BCUT2D eigenvalue weighted by Gasteiger charge is -2.36. The molecule has 1 aromatic carbocycles. The molecule has 0 amide bonds. The molecule has 8 heteroatoms. The van der Waals surface area contributed by atoms with Crippen molar-refractivity contribution in [3.63, 3.8) is 0 Å². The number of carbonyl (C=O) groups excluding carboxylic acids is 1. The lowest BCUT2D eigenvalue weighted by Crippen LogP contribution is -2.46. The molecule has 0 radical (unpaired) electrons. The second kappa shape index (κ2) is 8.04. The first-order chi connectivity index (χ1) is 14.0. The van der Waals surface area contributed by atoms with E-state index in [1.54, 1.807) is 24.3 Å². The molecule has 4 rings (SSSR count). The third-order valence-electron chi connectivity index (χ3n) is 5.64. The van der Waals surface area contributed by atoms with Crippen LogP contribution in [0.4, 0.5) is 10.3 Å². The van der Waals surface area contributed by atoms with Gasteiger partial charge in [0.25, 0.3) is 0 Å². The van der Waals surface area contributed by atoms with Crippen molar-refractivity contribution in [1.29, 1.82) is 0 Å². The number of methoxy groups -OCH3 is 1. The van der Waals surface area contributed by atoms with Crippen molar-refractivity contribution >= 4 is 11.9 Å². The number of aromatic nitrogens is 2. The fraction of sp³-hybridized carbons (Fsp3) is 0.476. The van der Waals surface area contributed by atoms with E-state index in [1.807, 2.05) is 0 Å². The molecule has 0 bridgehead atoms. The second-order valence-corrected chi connectivity index (χ2v) is 7.72. The van der Waals surface area contributed by atoms with E-state index in [2.05, 4.69) is 15.3 Å². The van der Waals surface area contributed by atoms with Crippen LogP contribution in [0.2, 0.25) is 0 Å². The Hall–Kier alpha value is -2.58. The molecule has 2 atom stereocenters. The molecular weight excluding hydrogens is 377 g/mol. The summed E-state index contributed by atoms with van der Waals surface area (Å²) in [6, 6.07) is 7.04. The van der Waals surface area contributed by atoms with Gasteiger partial charge in [-0.15, -0.1) is 0 Å². The highest BCUT2D eigenvalue weighted by Gasteiger charge is 2.38. The lowest BCUT2D eigenvalue weighted by molar-refractivity contribution is -0.184. The molecule has 2 aliphatic rings. The number of benzene rings is 1. The minimum absolute atomic E-state index is 0.0188. The molecule has 2 aromatic rings. The van der Waals surface area contributed by atoms with Crippen molar-refractivity contribution in [3.05, 3.63) is 41.8 Å². The van der Waals surface area contributed by atoms with Gasteiger partial charge in [0, 0.05) is 11.6 Å². The van der Waals surface area contributed by atoms with Gasteiger partial charge in [-0.3, -0.25) is 4.79 Å². The Kier molecular flexibility index (Phi) is 5.47. The molecule has 1 aliphatic heterocycles. The van der Waals surface area contributed by atoms with Crippen LogP contribution in [-0.4, -0.2) is 47.4 Å². The number of halogens is 1. The maximum Gasteiger partial charge on any atom is 0.308 e. The maximum absolute atomic E-state index is 14.5. The third-order valence-corrected chi connectivity index (χ3v) is 5.64. The van der Waals surface area contributed by atoms with Gasteiger partial charge >= 0.3 is 5.97 Å². The van der Waals surface area contributed by atoms with Crippen LogP contribution in [0, 0.1) is 11.7 Å². The lowest BCUT2D eigenvalue weighted by atomic mass is 9.86. The van der Waals surface area contributed by atoms with Crippen LogP contribution >= 0.6 is 0 Å². The van der Waals surface area contributed by atoms with Gasteiger partial charge in [0.1, 0.15) is 11.3 Å². The Labute approximate surface area is 168 Å². The molecule has 1 saturated carbocycles. The smallest absolute Gasteiger partial charge is 0.308 e. The molecule has 29 heavy (non-hydrogen) atoms.